The molecule has 1 aliphatic rings. The molecule has 4 heteroatoms. The standard InChI is InChI=1S/C17H21FO3/c1-2-15(19)21-17(13-9-6-10-14(18)11-13)16(20)12-7-4-3-5-8-12/h6,9-12,17H,2-5,7-8H2,1H3/t17-/m1/s1. The number of ketones is 1. The van der Waals surface area contributed by atoms with Crippen LogP contribution in [0.3, 0.4) is 0 Å². The summed E-state index contributed by atoms with van der Waals surface area (Å²) in [6, 6.07) is 5.75. The Hall–Kier alpha value is -1.71. The summed E-state index contributed by atoms with van der Waals surface area (Å²) in [5.41, 5.74) is 0.423. The van der Waals surface area contributed by atoms with E-state index in [0.29, 0.717) is 5.56 Å². The summed E-state index contributed by atoms with van der Waals surface area (Å²) < 4.78 is 18.7. The summed E-state index contributed by atoms with van der Waals surface area (Å²) in [7, 11) is 0. The molecule has 1 atom stereocenters. The zero-order chi connectivity index (χ0) is 15.2. The number of hydrogen-bond donors (Lipinski definition) is 0. The quantitative estimate of drug-likeness (QED) is 0.771. The highest BCUT2D eigenvalue weighted by Crippen LogP contribution is 2.31. The van der Waals surface area contributed by atoms with Crippen LogP contribution < -0.4 is 0 Å². The first-order valence-corrected chi connectivity index (χ1v) is 7.60. The Morgan fingerprint density at radius 2 is 2.00 bits per heavy atom. The fourth-order valence-electron chi connectivity index (χ4n) is 2.78. The monoisotopic (exact) mass is 292 g/mol. The van der Waals surface area contributed by atoms with Crippen LogP contribution in [0.2, 0.25) is 0 Å². The van der Waals surface area contributed by atoms with Gasteiger partial charge in [0.25, 0.3) is 0 Å². The highest BCUT2D eigenvalue weighted by Gasteiger charge is 2.32. The predicted octanol–water partition coefficient (Wildman–Crippen LogP) is 3.97. The highest BCUT2D eigenvalue weighted by molar-refractivity contribution is 5.88. The Balaban J connectivity index is 2.22. The third-order valence-corrected chi connectivity index (χ3v) is 3.96. The van der Waals surface area contributed by atoms with Gasteiger partial charge in [-0.1, -0.05) is 38.3 Å². The molecule has 1 aliphatic carbocycles. The summed E-state index contributed by atoms with van der Waals surface area (Å²) in [5.74, 6) is -1.05. The van der Waals surface area contributed by atoms with Gasteiger partial charge in [0.1, 0.15) is 5.82 Å². The topological polar surface area (TPSA) is 43.4 Å². The van der Waals surface area contributed by atoms with Crippen LogP contribution in [0.15, 0.2) is 24.3 Å². The van der Waals surface area contributed by atoms with E-state index in [9.17, 15) is 14.0 Å². The van der Waals surface area contributed by atoms with Gasteiger partial charge in [0.2, 0.25) is 0 Å². The fourth-order valence-corrected chi connectivity index (χ4v) is 2.78. The molecule has 0 spiro atoms. The van der Waals surface area contributed by atoms with Crippen LogP contribution >= 0.6 is 0 Å². The smallest absolute Gasteiger partial charge is 0.306 e. The lowest BCUT2D eigenvalue weighted by atomic mass is 9.83. The van der Waals surface area contributed by atoms with E-state index in [4.69, 9.17) is 4.74 Å². The molecule has 0 amide bonds. The lowest BCUT2D eigenvalue weighted by Gasteiger charge is -2.25. The van der Waals surface area contributed by atoms with Gasteiger partial charge in [0.05, 0.1) is 0 Å². The first kappa shape index (κ1) is 15.7. The lowest BCUT2D eigenvalue weighted by molar-refractivity contribution is -0.157. The van der Waals surface area contributed by atoms with E-state index in [1.54, 1.807) is 13.0 Å². The minimum absolute atomic E-state index is 0.0864. The van der Waals surface area contributed by atoms with Gasteiger partial charge >= 0.3 is 5.97 Å². The molecule has 1 aromatic rings. The second-order valence-electron chi connectivity index (χ2n) is 5.52. The fraction of sp³-hybridized carbons (Fsp3) is 0.529. The number of carbonyl (C=O) groups is 2. The first-order valence-electron chi connectivity index (χ1n) is 7.60. The first-order chi connectivity index (χ1) is 10.1. The van der Waals surface area contributed by atoms with Crippen LogP contribution in [-0.2, 0) is 14.3 Å². The summed E-state index contributed by atoms with van der Waals surface area (Å²) >= 11 is 0. The van der Waals surface area contributed by atoms with E-state index in [1.807, 2.05) is 0 Å². The molecule has 0 radical (unpaired) electrons. The largest absolute Gasteiger partial charge is 0.449 e. The van der Waals surface area contributed by atoms with Crippen LogP contribution in [0.1, 0.15) is 57.1 Å². The van der Waals surface area contributed by atoms with Crippen molar-refractivity contribution in [2.45, 2.75) is 51.6 Å². The number of rotatable bonds is 5. The van der Waals surface area contributed by atoms with Gasteiger partial charge < -0.3 is 4.74 Å². The number of ether oxygens (including phenoxy) is 1. The minimum atomic E-state index is -0.976. The molecule has 1 saturated carbocycles. The number of hydrogen-bond acceptors (Lipinski definition) is 3. The summed E-state index contributed by atoms with van der Waals surface area (Å²) in [6.45, 7) is 1.68. The number of benzene rings is 1. The zero-order valence-electron chi connectivity index (χ0n) is 12.3. The van der Waals surface area contributed by atoms with Crippen molar-refractivity contribution in [2.75, 3.05) is 0 Å². The maximum absolute atomic E-state index is 13.4. The zero-order valence-corrected chi connectivity index (χ0v) is 12.3. The number of esters is 1. The molecule has 0 saturated heterocycles. The van der Waals surface area contributed by atoms with Crippen molar-refractivity contribution >= 4 is 11.8 Å². The van der Waals surface area contributed by atoms with Gasteiger partial charge in [-0.3, -0.25) is 9.59 Å². The molecule has 1 fully saturated rings. The van der Waals surface area contributed by atoms with Crippen molar-refractivity contribution < 1.29 is 18.7 Å². The minimum Gasteiger partial charge on any atom is -0.449 e. The van der Waals surface area contributed by atoms with E-state index in [-0.39, 0.29) is 18.1 Å². The Morgan fingerprint density at radius 1 is 1.29 bits per heavy atom. The second-order valence-corrected chi connectivity index (χ2v) is 5.52. The molecule has 2 rings (SSSR count). The van der Waals surface area contributed by atoms with Gasteiger partial charge in [-0.15, -0.1) is 0 Å². The lowest BCUT2D eigenvalue weighted by Crippen LogP contribution is -2.27. The third kappa shape index (κ3) is 4.13. The van der Waals surface area contributed by atoms with Crippen LogP contribution in [0.4, 0.5) is 4.39 Å². The van der Waals surface area contributed by atoms with Crippen molar-refractivity contribution in [2.24, 2.45) is 5.92 Å². The average molecular weight is 292 g/mol. The van der Waals surface area contributed by atoms with E-state index >= 15 is 0 Å². The summed E-state index contributed by atoms with van der Waals surface area (Å²) in [5, 5.41) is 0. The van der Waals surface area contributed by atoms with Crippen molar-refractivity contribution in [3.05, 3.63) is 35.6 Å². The molecule has 3 nitrogen and oxygen atoms in total. The van der Waals surface area contributed by atoms with Gasteiger partial charge in [0, 0.05) is 17.9 Å². The molecule has 0 aliphatic heterocycles. The van der Waals surface area contributed by atoms with Gasteiger partial charge in [-0.2, -0.15) is 0 Å². The van der Waals surface area contributed by atoms with E-state index in [0.717, 1.165) is 32.1 Å². The Bertz CT molecular complexity index is 507. The number of Topliss-reactive ketones (excluding diaryl/α,β-unsaturated/α-hetero) is 1. The molecule has 0 aromatic heterocycles. The maximum Gasteiger partial charge on any atom is 0.306 e. The van der Waals surface area contributed by atoms with Crippen molar-refractivity contribution in [3.63, 3.8) is 0 Å². The van der Waals surface area contributed by atoms with Crippen molar-refractivity contribution in [1.29, 1.82) is 0 Å². The second kappa shape index (κ2) is 7.34. The summed E-state index contributed by atoms with van der Waals surface area (Å²) in [6.07, 6.45) is 4.06. The predicted molar refractivity (Wildman–Crippen MR) is 77.1 cm³/mol. The number of carbonyl (C=O) groups excluding carboxylic acids is 2. The van der Waals surface area contributed by atoms with Crippen molar-refractivity contribution in [3.8, 4) is 0 Å². The molecular weight excluding hydrogens is 271 g/mol. The molecule has 0 unspecified atom stereocenters. The summed E-state index contributed by atoms with van der Waals surface area (Å²) in [4.78, 5) is 24.3. The highest BCUT2D eigenvalue weighted by atomic mass is 19.1. The molecule has 114 valence electrons. The van der Waals surface area contributed by atoms with E-state index < -0.39 is 17.9 Å². The van der Waals surface area contributed by atoms with E-state index in [1.165, 1.54) is 18.2 Å². The Kier molecular flexibility index (Phi) is 5.48. The Morgan fingerprint density at radius 3 is 2.62 bits per heavy atom. The Labute approximate surface area is 124 Å². The van der Waals surface area contributed by atoms with Gasteiger partial charge in [-0.05, 0) is 25.0 Å². The molecule has 0 heterocycles. The molecule has 21 heavy (non-hydrogen) atoms. The third-order valence-electron chi connectivity index (χ3n) is 3.96. The molecular formula is C17H21FO3. The number of halogens is 1. The van der Waals surface area contributed by atoms with Crippen LogP contribution in [0.5, 0.6) is 0 Å². The maximum atomic E-state index is 13.4. The van der Waals surface area contributed by atoms with E-state index in [2.05, 4.69) is 0 Å². The molecule has 0 N–H and O–H groups in total. The van der Waals surface area contributed by atoms with Crippen LogP contribution in [0, 0.1) is 11.7 Å². The molecule has 1 aromatic carbocycles. The average Bonchev–Trinajstić information content (AvgIpc) is 2.52. The van der Waals surface area contributed by atoms with Crippen molar-refractivity contribution in [1.82, 2.24) is 0 Å². The van der Waals surface area contributed by atoms with Gasteiger partial charge in [0.15, 0.2) is 11.9 Å². The molecule has 0 bridgehead atoms. The normalized spacial score (nSPS) is 17.2. The van der Waals surface area contributed by atoms with Crippen LogP contribution in [0.25, 0.3) is 0 Å². The van der Waals surface area contributed by atoms with Gasteiger partial charge in [-0.25, -0.2) is 4.39 Å². The SMILES string of the molecule is CCC(=O)O[C@@H](C(=O)C1CCCCC1)c1cccc(F)c1. The van der Waals surface area contributed by atoms with Crippen LogP contribution in [-0.4, -0.2) is 11.8 Å².